The summed E-state index contributed by atoms with van der Waals surface area (Å²) < 4.78 is 23.8. The molecule has 3 fully saturated rings. The van der Waals surface area contributed by atoms with Gasteiger partial charge in [-0.1, -0.05) is 84.9 Å². The topological polar surface area (TPSA) is 258 Å². The fraction of sp³-hybridized carbons (Fsp3) is 0.250. The van der Waals surface area contributed by atoms with E-state index in [0.29, 0.717) is 24.3 Å². The van der Waals surface area contributed by atoms with Gasteiger partial charge in [-0.05, 0) is 95.8 Å². The number of fused-ring (bicyclic) bond motifs is 8. The Balaban J connectivity index is 1.10. The van der Waals surface area contributed by atoms with Crippen LogP contribution in [0.3, 0.4) is 0 Å². The van der Waals surface area contributed by atoms with Gasteiger partial charge in [0.1, 0.15) is 60.3 Å². The average molecular weight is 975 g/mol. The molecule has 8 bridgehead atoms. The Kier molecular flexibility index (Phi) is 13.0. The number of aromatic amines is 3. The standard InChI is InChI=1S/C56H54N4O12/c61-27-43-49(63)51(65)53(67)55(71-43)69-33-15-7-13-31(25-33)47-39-21-19-37(58-39)45(29-9-3-1-4-10-29)35-17-18-36(57-35)46(30-11-5-2-6-12-30)38-20-22-40(59-38)48(42-24-23-41(47)60-42)32-14-8-16-34(26-32)70-56-54(68)52(66)50(64)44(28-62)72-56/h1-22,25-26,43-44,49-68H,23-24,27-28H2/t43-,44-,49-,50-,51+,52+,53-,54-,55-,56-/m1/s1. The summed E-state index contributed by atoms with van der Waals surface area (Å²) in [6.45, 7) is -1.20. The number of rotatable bonds is 10. The van der Waals surface area contributed by atoms with Crippen molar-refractivity contribution in [2.75, 3.05) is 13.2 Å². The van der Waals surface area contributed by atoms with Crippen LogP contribution in [0.2, 0.25) is 0 Å². The Morgan fingerprint density at radius 1 is 0.403 bits per heavy atom. The van der Waals surface area contributed by atoms with Crippen molar-refractivity contribution >= 4 is 22.3 Å². The molecule has 3 aromatic heterocycles. The summed E-state index contributed by atoms with van der Waals surface area (Å²) in [6, 6.07) is 47.2. The normalized spacial score (nSPS) is 26.4. The fourth-order valence-electron chi connectivity index (χ4n) is 10.1. The molecule has 370 valence electrons. The molecule has 3 saturated heterocycles. The minimum absolute atomic E-state index is 0.300. The van der Waals surface area contributed by atoms with Crippen molar-refractivity contribution in [3.05, 3.63) is 213 Å². The third-order valence-electron chi connectivity index (χ3n) is 13.8. The molecule has 4 aliphatic heterocycles. The average Bonchev–Trinajstić information content (AvgIpc) is 4.26. The van der Waals surface area contributed by atoms with Gasteiger partial charge < -0.3 is 80.1 Å². The molecular formula is C56H54N4O12. The Labute approximate surface area is 412 Å². The summed E-state index contributed by atoms with van der Waals surface area (Å²) in [7, 11) is 0. The molecule has 4 aromatic carbocycles. The molecule has 7 heterocycles. The van der Waals surface area contributed by atoms with Crippen molar-refractivity contribution in [1.29, 1.82) is 0 Å². The Bertz CT molecular complexity index is 3050. The molecule has 7 aromatic rings. The van der Waals surface area contributed by atoms with Crippen LogP contribution in [0.1, 0.15) is 57.9 Å². The highest BCUT2D eigenvalue weighted by molar-refractivity contribution is 5.88. The van der Waals surface area contributed by atoms with Gasteiger partial charge in [0.25, 0.3) is 0 Å². The van der Waals surface area contributed by atoms with Gasteiger partial charge >= 0.3 is 0 Å². The zero-order valence-corrected chi connectivity index (χ0v) is 38.7. The second kappa shape index (κ2) is 19.9. The number of benzene rings is 4. The molecule has 0 amide bonds. The van der Waals surface area contributed by atoms with Crippen LogP contribution in [0, 0.1) is 0 Å². The molecule has 0 spiro atoms. The molecule has 10 atom stereocenters. The van der Waals surface area contributed by atoms with Crippen molar-refractivity contribution in [2.24, 2.45) is 0 Å². The zero-order chi connectivity index (χ0) is 49.6. The van der Waals surface area contributed by atoms with Crippen LogP contribution in [-0.2, 0) is 9.47 Å². The van der Waals surface area contributed by atoms with Crippen LogP contribution >= 0.6 is 0 Å². The quantitative estimate of drug-likeness (QED) is 0.0942. The number of hydrogen-bond acceptors (Lipinski definition) is 13. The van der Waals surface area contributed by atoms with E-state index in [4.69, 9.17) is 18.9 Å². The van der Waals surface area contributed by atoms with Gasteiger partial charge in [0.15, 0.2) is 0 Å². The second-order valence-corrected chi connectivity index (χ2v) is 18.4. The van der Waals surface area contributed by atoms with E-state index >= 15 is 0 Å². The smallest absolute Gasteiger partial charge is 0.229 e. The first-order valence-corrected chi connectivity index (χ1v) is 23.9. The molecule has 16 nitrogen and oxygen atoms in total. The minimum Gasteiger partial charge on any atom is -0.462 e. The number of hydrogen-bond donors (Lipinski definition) is 12. The molecule has 12 N–H and O–H groups in total. The maximum atomic E-state index is 10.9. The molecule has 4 aliphatic rings. The van der Waals surface area contributed by atoms with E-state index in [1.165, 1.54) is 0 Å². The molecule has 0 unspecified atom stereocenters. The largest absolute Gasteiger partial charge is 0.462 e. The zero-order valence-electron chi connectivity index (χ0n) is 38.7. The van der Waals surface area contributed by atoms with E-state index in [0.717, 1.165) is 89.4 Å². The molecule has 0 aliphatic carbocycles. The summed E-state index contributed by atoms with van der Waals surface area (Å²) in [5, 5.41) is 89.2. The molecular weight excluding hydrogens is 921 g/mol. The van der Waals surface area contributed by atoms with Crippen LogP contribution < -0.4 is 25.5 Å². The monoisotopic (exact) mass is 974 g/mol. The van der Waals surface area contributed by atoms with E-state index < -0.39 is 74.6 Å². The van der Waals surface area contributed by atoms with Crippen LogP contribution in [0.4, 0.5) is 0 Å². The lowest BCUT2D eigenvalue weighted by molar-refractivity contribution is -0.277. The van der Waals surface area contributed by atoms with E-state index in [1.807, 2.05) is 84.9 Å². The molecule has 72 heavy (non-hydrogen) atoms. The summed E-state index contributed by atoms with van der Waals surface area (Å²) in [5.74, 6) is 0.601. The molecule has 0 saturated carbocycles. The van der Waals surface area contributed by atoms with Gasteiger partial charge in [0.05, 0.1) is 13.2 Å². The minimum atomic E-state index is -1.62. The van der Waals surface area contributed by atoms with Crippen molar-refractivity contribution in [3.8, 4) is 11.5 Å². The van der Waals surface area contributed by atoms with E-state index in [9.17, 15) is 40.9 Å². The van der Waals surface area contributed by atoms with Gasteiger partial charge in [0.2, 0.25) is 12.6 Å². The Hall–Kier alpha value is -7.06. The van der Waals surface area contributed by atoms with Gasteiger partial charge in [0, 0.05) is 67.2 Å². The summed E-state index contributed by atoms with van der Waals surface area (Å²) >= 11 is 0. The maximum absolute atomic E-state index is 10.9. The highest BCUT2D eigenvalue weighted by atomic mass is 16.7. The lowest BCUT2D eigenvalue weighted by Crippen LogP contribution is -2.60. The lowest BCUT2D eigenvalue weighted by Gasteiger charge is -2.39. The first-order valence-electron chi connectivity index (χ1n) is 23.9. The van der Waals surface area contributed by atoms with Crippen LogP contribution in [-0.4, -0.2) is 130 Å². The lowest BCUT2D eigenvalue weighted by atomic mass is 9.98. The van der Waals surface area contributed by atoms with Crippen LogP contribution in [0.15, 0.2) is 157 Å². The summed E-state index contributed by atoms with van der Waals surface area (Å²) in [5.41, 5.74) is 11.9. The van der Waals surface area contributed by atoms with Gasteiger partial charge in [-0.2, -0.15) is 0 Å². The molecule has 11 rings (SSSR count). The van der Waals surface area contributed by atoms with Crippen LogP contribution in [0.5, 0.6) is 11.5 Å². The molecule has 0 radical (unpaired) electrons. The highest BCUT2D eigenvalue weighted by Gasteiger charge is 2.46. The third kappa shape index (κ3) is 8.88. The third-order valence-corrected chi connectivity index (χ3v) is 13.8. The first-order chi connectivity index (χ1) is 35.1. The highest BCUT2D eigenvalue weighted by Crippen LogP contribution is 2.40. The Morgan fingerprint density at radius 3 is 1.19 bits per heavy atom. The van der Waals surface area contributed by atoms with Gasteiger partial charge in [-0.15, -0.1) is 0 Å². The molecule has 16 heteroatoms. The number of nitrogens with one attached hydrogen (secondary N) is 4. The summed E-state index contributed by atoms with van der Waals surface area (Å²) in [4.78, 5) is 11.3. The number of allylic oxidation sites excluding steroid dienone is 2. The van der Waals surface area contributed by atoms with Crippen molar-refractivity contribution < 1.29 is 59.8 Å². The number of aliphatic hydroxyl groups excluding tert-OH is 8. The van der Waals surface area contributed by atoms with E-state index in [2.05, 4.69) is 68.8 Å². The van der Waals surface area contributed by atoms with Crippen LogP contribution in [0.25, 0.3) is 22.3 Å². The first kappa shape index (κ1) is 47.3. The fourth-order valence-corrected chi connectivity index (χ4v) is 10.1. The van der Waals surface area contributed by atoms with Crippen molar-refractivity contribution in [2.45, 2.75) is 74.3 Å². The predicted molar refractivity (Wildman–Crippen MR) is 264 cm³/mol. The van der Waals surface area contributed by atoms with E-state index in [-0.39, 0.29) is 0 Å². The van der Waals surface area contributed by atoms with E-state index in [1.54, 1.807) is 12.1 Å². The Morgan fingerprint density at radius 2 is 0.792 bits per heavy atom. The maximum Gasteiger partial charge on any atom is 0.229 e. The predicted octanol–water partition coefficient (Wildman–Crippen LogP) is 2.44. The second-order valence-electron chi connectivity index (χ2n) is 18.4. The van der Waals surface area contributed by atoms with Gasteiger partial charge in [-0.25, -0.2) is 0 Å². The number of aromatic nitrogens is 3. The number of aliphatic hydroxyl groups is 8. The summed E-state index contributed by atoms with van der Waals surface area (Å²) in [6.07, 6.45) is -13.5. The number of H-pyrrole nitrogens is 3. The number of ether oxygens (including phenoxy) is 4. The van der Waals surface area contributed by atoms with Crippen molar-refractivity contribution in [3.63, 3.8) is 0 Å². The van der Waals surface area contributed by atoms with Gasteiger partial charge in [-0.3, -0.25) is 0 Å². The van der Waals surface area contributed by atoms with Crippen molar-refractivity contribution in [1.82, 2.24) is 20.3 Å². The SMILES string of the molecule is OC[C@H]1O[C@@H](Oc2cccc(C3=C4CCC(=C(c5cccc(O[C@@H]6O[C@H](CO)[C@@H](O)[C@H](O)[C@H]6O)c5)c5ccc([nH]5)C(c5ccccc5)=c5ccc([nH]5)=C(c5ccccc5)c5ccc3[nH]5)N4)c2)[C@H](O)[C@@H](O)[C@@H]1O.